The second-order valence-corrected chi connectivity index (χ2v) is 8.12. The van der Waals surface area contributed by atoms with Crippen molar-refractivity contribution in [2.45, 2.75) is 13.0 Å². The molecule has 0 aliphatic carbocycles. The third-order valence-electron chi connectivity index (χ3n) is 6.00. The SMILES string of the molecule is Cn1c(=O)c2c(ncn2CC(=O)NCCCN2CCN(c3ccccc3)CC2)n(C)c1=O. The minimum atomic E-state index is -0.456. The Balaban J connectivity index is 1.24. The van der Waals surface area contributed by atoms with Gasteiger partial charge < -0.3 is 14.8 Å². The number of fused-ring (bicyclic) bond motifs is 1. The molecule has 3 aromatic rings. The van der Waals surface area contributed by atoms with Gasteiger partial charge in [0.15, 0.2) is 11.2 Å². The lowest BCUT2D eigenvalue weighted by Crippen LogP contribution is -2.47. The largest absolute Gasteiger partial charge is 0.369 e. The minimum absolute atomic E-state index is 0.0142. The van der Waals surface area contributed by atoms with Crippen LogP contribution < -0.4 is 21.5 Å². The van der Waals surface area contributed by atoms with E-state index < -0.39 is 11.2 Å². The Morgan fingerprint density at radius 3 is 2.47 bits per heavy atom. The molecule has 0 radical (unpaired) electrons. The lowest BCUT2D eigenvalue weighted by atomic mass is 10.2. The molecule has 0 bridgehead atoms. The van der Waals surface area contributed by atoms with Gasteiger partial charge in [0.2, 0.25) is 5.91 Å². The highest BCUT2D eigenvalue weighted by atomic mass is 16.2. The first kappa shape index (κ1) is 21.8. The first-order valence-electron chi connectivity index (χ1n) is 10.9. The lowest BCUT2D eigenvalue weighted by molar-refractivity contribution is -0.121. The molecule has 32 heavy (non-hydrogen) atoms. The molecule has 1 amide bonds. The number of aryl methyl sites for hydroxylation is 1. The first-order valence-corrected chi connectivity index (χ1v) is 10.9. The van der Waals surface area contributed by atoms with E-state index >= 15 is 0 Å². The summed E-state index contributed by atoms with van der Waals surface area (Å²) >= 11 is 0. The van der Waals surface area contributed by atoms with Crippen molar-refractivity contribution >= 4 is 22.8 Å². The van der Waals surface area contributed by atoms with E-state index in [9.17, 15) is 14.4 Å². The summed E-state index contributed by atoms with van der Waals surface area (Å²) in [7, 11) is 2.97. The molecule has 1 saturated heterocycles. The first-order chi connectivity index (χ1) is 15.5. The third kappa shape index (κ3) is 4.45. The van der Waals surface area contributed by atoms with Crippen molar-refractivity contribution < 1.29 is 4.79 Å². The quantitative estimate of drug-likeness (QED) is 0.511. The Morgan fingerprint density at radius 1 is 1.03 bits per heavy atom. The van der Waals surface area contributed by atoms with Crippen LogP contribution in [0.1, 0.15) is 6.42 Å². The summed E-state index contributed by atoms with van der Waals surface area (Å²) in [5, 5.41) is 2.92. The summed E-state index contributed by atoms with van der Waals surface area (Å²) < 4.78 is 3.83. The Morgan fingerprint density at radius 2 is 1.75 bits per heavy atom. The van der Waals surface area contributed by atoms with E-state index in [-0.39, 0.29) is 23.6 Å². The number of nitrogens with zero attached hydrogens (tertiary/aromatic N) is 6. The van der Waals surface area contributed by atoms with Crippen LogP contribution in [0.25, 0.3) is 11.2 Å². The number of carbonyl (C=O) groups excluding carboxylic acids is 1. The third-order valence-corrected chi connectivity index (χ3v) is 6.00. The summed E-state index contributed by atoms with van der Waals surface area (Å²) in [6.07, 6.45) is 2.29. The maximum absolute atomic E-state index is 12.5. The van der Waals surface area contributed by atoms with Crippen molar-refractivity contribution in [3.63, 3.8) is 0 Å². The molecule has 170 valence electrons. The molecule has 3 heterocycles. The van der Waals surface area contributed by atoms with Crippen LogP contribution in [-0.4, -0.2) is 68.8 Å². The van der Waals surface area contributed by atoms with Gasteiger partial charge in [0.1, 0.15) is 6.54 Å². The standard InChI is InChI=1S/C22H29N7O3/c1-25-20-19(21(31)26(2)22(25)32)29(16-24-20)15-18(30)23-9-6-10-27-11-13-28(14-12-27)17-7-4-3-5-8-17/h3-5,7-8,16H,6,9-15H2,1-2H3,(H,23,30). The van der Waals surface area contributed by atoms with Crippen LogP contribution in [0.15, 0.2) is 46.2 Å². The summed E-state index contributed by atoms with van der Waals surface area (Å²) in [4.78, 5) is 45.8. The zero-order chi connectivity index (χ0) is 22.7. The summed E-state index contributed by atoms with van der Waals surface area (Å²) in [5.41, 5.74) is 0.896. The number of aromatic nitrogens is 4. The smallest absolute Gasteiger partial charge is 0.332 e. The molecule has 2 aromatic heterocycles. The van der Waals surface area contributed by atoms with Crippen LogP contribution in [0.2, 0.25) is 0 Å². The molecule has 10 nitrogen and oxygen atoms in total. The van der Waals surface area contributed by atoms with Gasteiger partial charge in [-0.3, -0.25) is 23.6 Å². The highest BCUT2D eigenvalue weighted by molar-refractivity contribution is 5.78. The molecular formula is C22H29N7O3. The fourth-order valence-electron chi connectivity index (χ4n) is 4.13. The van der Waals surface area contributed by atoms with E-state index in [1.165, 1.54) is 28.2 Å². The number of para-hydroxylation sites is 1. The Hall–Kier alpha value is -3.40. The molecule has 0 spiro atoms. The van der Waals surface area contributed by atoms with Gasteiger partial charge in [-0.2, -0.15) is 0 Å². The van der Waals surface area contributed by atoms with Gasteiger partial charge in [-0.05, 0) is 25.1 Å². The van der Waals surface area contributed by atoms with Gasteiger partial charge in [-0.25, -0.2) is 9.78 Å². The van der Waals surface area contributed by atoms with E-state index in [1.807, 2.05) is 6.07 Å². The number of hydrogen-bond donors (Lipinski definition) is 1. The second-order valence-electron chi connectivity index (χ2n) is 8.12. The molecule has 10 heteroatoms. The predicted molar refractivity (Wildman–Crippen MR) is 123 cm³/mol. The zero-order valence-electron chi connectivity index (χ0n) is 18.5. The van der Waals surface area contributed by atoms with Crippen molar-refractivity contribution in [3.8, 4) is 0 Å². The van der Waals surface area contributed by atoms with Crippen molar-refractivity contribution in [3.05, 3.63) is 57.5 Å². The van der Waals surface area contributed by atoms with Gasteiger partial charge in [0, 0.05) is 52.5 Å². The maximum atomic E-state index is 12.5. The zero-order valence-corrected chi connectivity index (χ0v) is 18.5. The molecule has 0 saturated carbocycles. The van der Waals surface area contributed by atoms with E-state index in [1.54, 1.807) is 7.05 Å². The molecule has 1 fully saturated rings. The normalized spacial score (nSPS) is 14.8. The Bertz CT molecular complexity index is 1200. The van der Waals surface area contributed by atoms with Crippen LogP contribution in [-0.2, 0) is 25.4 Å². The predicted octanol–water partition coefficient (Wildman–Crippen LogP) is -0.238. The van der Waals surface area contributed by atoms with Gasteiger partial charge in [0.05, 0.1) is 6.33 Å². The number of amides is 1. The maximum Gasteiger partial charge on any atom is 0.332 e. The second kappa shape index (κ2) is 9.39. The van der Waals surface area contributed by atoms with E-state index in [0.717, 1.165) is 43.7 Å². The average molecular weight is 440 g/mol. The molecule has 1 N–H and O–H groups in total. The van der Waals surface area contributed by atoms with E-state index in [4.69, 9.17) is 0 Å². The van der Waals surface area contributed by atoms with Gasteiger partial charge in [0.25, 0.3) is 5.56 Å². The van der Waals surface area contributed by atoms with Crippen molar-refractivity contribution in [2.75, 3.05) is 44.2 Å². The van der Waals surface area contributed by atoms with Crippen molar-refractivity contribution in [2.24, 2.45) is 14.1 Å². The van der Waals surface area contributed by atoms with Crippen LogP contribution in [0.4, 0.5) is 5.69 Å². The topological polar surface area (TPSA) is 97.4 Å². The number of anilines is 1. The van der Waals surface area contributed by atoms with Crippen molar-refractivity contribution in [1.82, 2.24) is 28.9 Å². The van der Waals surface area contributed by atoms with Gasteiger partial charge in [-0.1, -0.05) is 18.2 Å². The van der Waals surface area contributed by atoms with E-state index in [0.29, 0.717) is 6.54 Å². The van der Waals surface area contributed by atoms with Crippen LogP contribution in [0.3, 0.4) is 0 Å². The lowest BCUT2D eigenvalue weighted by Gasteiger charge is -2.36. The highest BCUT2D eigenvalue weighted by Gasteiger charge is 2.17. The molecule has 1 aliphatic heterocycles. The molecule has 1 aliphatic rings. The monoisotopic (exact) mass is 439 g/mol. The summed E-state index contributed by atoms with van der Waals surface area (Å²) in [6.45, 7) is 5.50. The number of nitrogens with one attached hydrogen (secondary N) is 1. The van der Waals surface area contributed by atoms with E-state index in [2.05, 4.69) is 44.4 Å². The van der Waals surface area contributed by atoms with Gasteiger partial charge in [-0.15, -0.1) is 0 Å². The number of piperazine rings is 1. The molecule has 4 rings (SSSR count). The fourth-order valence-corrected chi connectivity index (χ4v) is 4.13. The molecule has 0 atom stereocenters. The van der Waals surface area contributed by atoms with Crippen LogP contribution in [0, 0.1) is 0 Å². The van der Waals surface area contributed by atoms with Crippen molar-refractivity contribution in [1.29, 1.82) is 0 Å². The number of imidazole rings is 1. The molecule has 1 aromatic carbocycles. The number of benzene rings is 1. The molecule has 0 unspecified atom stereocenters. The van der Waals surface area contributed by atoms with Crippen LogP contribution in [0.5, 0.6) is 0 Å². The molecular weight excluding hydrogens is 410 g/mol. The fraction of sp³-hybridized carbons (Fsp3) is 0.455. The number of hydrogen-bond acceptors (Lipinski definition) is 6. The average Bonchev–Trinajstić information content (AvgIpc) is 3.23. The Kier molecular flexibility index (Phi) is 6.40. The summed E-state index contributed by atoms with van der Waals surface area (Å²) in [6, 6.07) is 10.4. The number of rotatable bonds is 7. The highest BCUT2D eigenvalue weighted by Crippen LogP contribution is 2.15. The number of carbonyl (C=O) groups is 1. The Labute approximate surface area is 185 Å². The minimum Gasteiger partial charge on any atom is -0.369 e. The van der Waals surface area contributed by atoms with Crippen LogP contribution >= 0.6 is 0 Å². The van der Waals surface area contributed by atoms with Gasteiger partial charge >= 0.3 is 5.69 Å². The summed E-state index contributed by atoms with van der Waals surface area (Å²) in [5.74, 6) is -0.186.